The lowest BCUT2D eigenvalue weighted by atomic mass is 10.0. The van der Waals surface area contributed by atoms with Crippen molar-refractivity contribution in [1.29, 1.82) is 0 Å². The number of piperidine rings is 1. The van der Waals surface area contributed by atoms with Crippen molar-refractivity contribution in [2.75, 3.05) is 31.1 Å². The molecule has 2 fully saturated rings. The smallest absolute Gasteiger partial charge is 0.267 e. The number of H-pyrrole nitrogens is 1. The average molecular weight is 342 g/mol. The van der Waals surface area contributed by atoms with Crippen molar-refractivity contribution in [3.8, 4) is 0 Å². The second kappa shape index (κ2) is 5.83. The number of halogens is 1. The molecule has 2 aliphatic rings. The topological polar surface area (TPSA) is 78.2 Å². The number of likely N-dealkylation sites (tertiary alicyclic amines) is 1. The third kappa shape index (κ3) is 2.75. The minimum absolute atomic E-state index is 0.123. The fourth-order valence-electron chi connectivity index (χ4n) is 3.11. The van der Waals surface area contributed by atoms with Crippen LogP contribution in [0.25, 0.3) is 0 Å². The number of nitrogens with zero attached hydrogens (tertiary/aromatic N) is 3. The minimum atomic E-state index is -0.123. The Morgan fingerprint density at radius 1 is 1.30 bits per heavy atom. The SMILES string of the molecule is NC1CCN(C2CCN(c3nc[nH]c(=O)c3Br)C2)CC1. The Labute approximate surface area is 126 Å². The molecule has 0 spiro atoms. The number of aromatic nitrogens is 2. The van der Waals surface area contributed by atoms with E-state index in [1.54, 1.807) is 0 Å². The van der Waals surface area contributed by atoms with Crippen LogP contribution in [-0.4, -0.2) is 53.1 Å². The summed E-state index contributed by atoms with van der Waals surface area (Å²) in [6, 6.07) is 0.919. The molecule has 0 bridgehead atoms. The highest BCUT2D eigenvalue weighted by atomic mass is 79.9. The summed E-state index contributed by atoms with van der Waals surface area (Å²) in [6.45, 7) is 4.06. The molecule has 1 aromatic rings. The molecule has 3 rings (SSSR count). The highest BCUT2D eigenvalue weighted by Gasteiger charge is 2.31. The van der Waals surface area contributed by atoms with E-state index in [1.165, 1.54) is 6.33 Å². The van der Waals surface area contributed by atoms with Crippen LogP contribution in [0.3, 0.4) is 0 Å². The van der Waals surface area contributed by atoms with E-state index in [0.717, 1.165) is 51.3 Å². The summed E-state index contributed by atoms with van der Waals surface area (Å²) in [5, 5.41) is 0. The molecule has 0 aliphatic carbocycles. The molecule has 0 radical (unpaired) electrons. The molecule has 2 aliphatic heterocycles. The van der Waals surface area contributed by atoms with Crippen LogP contribution in [0.4, 0.5) is 5.82 Å². The maximum absolute atomic E-state index is 11.6. The van der Waals surface area contributed by atoms with E-state index >= 15 is 0 Å². The molecule has 2 saturated heterocycles. The maximum Gasteiger partial charge on any atom is 0.267 e. The fourth-order valence-corrected chi connectivity index (χ4v) is 3.58. The van der Waals surface area contributed by atoms with Gasteiger partial charge < -0.3 is 15.6 Å². The van der Waals surface area contributed by atoms with Gasteiger partial charge in [0.2, 0.25) is 0 Å². The van der Waals surface area contributed by atoms with Gasteiger partial charge in [-0.2, -0.15) is 0 Å². The van der Waals surface area contributed by atoms with Gasteiger partial charge in [-0.15, -0.1) is 0 Å². The summed E-state index contributed by atoms with van der Waals surface area (Å²) in [6.07, 6.45) is 4.76. The lowest BCUT2D eigenvalue weighted by Gasteiger charge is -2.34. The van der Waals surface area contributed by atoms with Crippen LogP contribution in [0.15, 0.2) is 15.6 Å². The average Bonchev–Trinajstić information content (AvgIpc) is 2.92. The molecular weight excluding hydrogens is 322 g/mol. The van der Waals surface area contributed by atoms with Crippen molar-refractivity contribution in [2.45, 2.75) is 31.3 Å². The summed E-state index contributed by atoms with van der Waals surface area (Å²) in [7, 11) is 0. The Bertz CT molecular complexity index is 526. The summed E-state index contributed by atoms with van der Waals surface area (Å²) in [5.41, 5.74) is 5.84. The van der Waals surface area contributed by atoms with Crippen molar-refractivity contribution in [2.24, 2.45) is 5.73 Å². The van der Waals surface area contributed by atoms with Crippen molar-refractivity contribution in [3.63, 3.8) is 0 Å². The Balaban J connectivity index is 1.67. The molecule has 0 aromatic carbocycles. The van der Waals surface area contributed by atoms with E-state index in [9.17, 15) is 4.79 Å². The zero-order valence-corrected chi connectivity index (χ0v) is 13.0. The van der Waals surface area contributed by atoms with Gasteiger partial charge in [0.25, 0.3) is 5.56 Å². The van der Waals surface area contributed by atoms with Crippen LogP contribution in [0.5, 0.6) is 0 Å². The number of nitrogens with one attached hydrogen (secondary N) is 1. The van der Waals surface area contributed by atoms with Gasteiger partial charge in [-0.25, -0.2) is 4.98 Å². The molecule has 7 heteroatoms. The fraction of sp³-hybridized carbons (Fsp3) is 0.692. The maximum atomic E-state index is 11.6. The van der Waals surface area contributed by atoms with Crippen molar-refractivity contribution in [3.05, 3.63) is 21.2 Å². The van der Waals surface area contributed by atoms with Crippen LogP contribution in [0.2, 0.25) is 0 Å². The molecule has 110 valence electrons. The predicted molar refractivity (Wildman–Crippen MR) is 82.0 cm³/mol. The number of nitrogens with two attached hydrogens (primary N) is 1. The van der Waals surface area contributed by atoms with Gasteiger partial charge in [-0.05, 0) is 48.3 Å². The lowest BCUT2D eigenvalue weighted by Crippen LogP contribution is -2.46. The third-order valence-corrected chi connectivity index (χ3v) is 5.05. The Kier molecular flexibility index (Phi) is 4.09. The van der Waals surface area contributed by atoms with Crippen molar-refractivity contribution in [1.82, 2.24) is 14.9 Å². The van der Waals surface area contributed by atoms with Crippen LogP contribution in [0, 0.1) is 0 Å². The molecule has 0 saturated carbocycles. The number of rotatable bonds is 2. The summed E-state index contributed by atoms with van der Waals surface area (Å²) in [5.74, 6) is 0.755. The monoisotopic (exact) mass is 341 g/mol. The molecular formula is C13H20BrN5O. The highest BCUT2D eigenvalue weighted by molar-refractivity contribution is 9.10. The lowest BCUT2D eigenvalue weighted by molar-refractivity contribution is 0.163. The van der Waals surface area contributed by atoms with E-state index in [4.69, 9.17) is 5.73 Å². The first kappa shape index (κ1) is 14.0. The number of aromatic amines is 1. The molecule has 0 amide bonds. The zero-order valence-electron chi connectivity index (χ0n) is 11.4. The van der Waals surface area contributed by atoms with E-state index in [-0.39, 0.29) is 5.56 Å². The normalized spacial score (nSPS) is 25.3. The summed E-state index contributed by atoms with van der Waals surface area (Å²) < 4.78 is 0.529. The molecule has 1 unspecified atom stereocenters. The predicted octanol–water partition coefficient (Wildman–Crippen LogP) is 0.534. The van der Waals surface area contributed by atoms with Gasteiger partial charge in [0.1, 0.15) is 10.3 Å². The Hall–Kier alpha value is -0.920. The van der Waals surface area contributed by atoms with Gasteiger partial charge in [0.15, 0.2) is 0 Å². The van der Waals surface area contributed by atoms with Crippen molar-refractivity contribution >= 4 is 21.7 Å². The molecule has 20 heavy (non-hydrogen) atoms. The molecule has 3 heterocycles. The number of hydrogen-bond acceptors (Lipinski definition) is 5. The van der Waals surface area contributed by atoms with Gasteiger partial charge in [-0.3, -0.25) is 9.69 Å². The molecule has 6 nitrogen and oxygen atoms in total. The number of hydrogen-bond donors (Lipinski definition) is 2. The van der Waals surface area contributed by atoms with E-state index in [2.05, 4.69) is 35.7 Å². The quantitative estimate of drug-likeness (QED) is 0.820. The third-order valence-electron chi connectivity index (χ3n) is 4.33. The zero-order chi connectivity index (χ0) is 14.1. The first-order valence-corrected chi connectivity index (χ1v) is 7.92. The van der Waals surface area contributed by atoms with Crippen LogP contribution < -0.4 is 16.2 Å². The Morgan fingerprint density at radius 3 is 2.80 bits per heavy atom. The van der Waals surface area contributed by atoms with Crippen LogP contribution in [0.1, 0.15) is 19.3 Å². The highest BCUT2D eigenvalue weighted by Crippen LogP contribution is 2.26. The summed E-state index contributed by atoms with van der Waals surface area (Å²) >= 11 is 3.34. The van der Waals surface area contributed by atoms with Gasteiger partial charge in [0.05, 0.1) is 6.33 Å². The molecule has 3 N–H and O–H groups in total. The van der Waals surface area contributed by atoms with E-state index < -0.39 is 0 Å². The van der Waals surface area contributed by atoms with Crippen LogP contribution >= 0.6 is 15.9 Å². The summed E-state index contributed by atoms with van der Waals surface area (Å²) in [4.78, 5) is 23.2. The first-order chi connectivity index (χ1) is 9.65. The van der Waals surface area contributed by atoms with Gasteiger partial charge in [-0.1, -0.05) is 0 Å². The molecule has 1 atom stereocenters. The van der Waals surface area contributed by atoms with E-state index in [0.29, 0.717) is 16.6 Å². The number of anilines is 1. The largest absolute Gasteiger partial charge is 0.354 e. The first-order valence-electron chi connectivity index (χ1n) is 7.13. The van der Waals surface area contributed by atoms with Gasteiger partial charge >= 0.3 is 0 Å². The second-order valence-corrected chi connectivity index (χ2v) is 6.42. The minimum Gasteiger partial charge on any atom is -0.354 e. The van der Waals surface area contributed by atoms with Crippen molar-refractivity contribution < 1.29 is 0 Å². The van der Waals surface area contributed by atoms with Crippen LogP contribution in [-0.2, 0) is 0 Å². The second-order valence-electron chi connectivity index (χ2n) is 5.63. The molecule has 1 aromatic heterocycles. The van der Waals surface area contributed by atoms with E-state index in [1.807, 2.05) is 0 Å². The van der Waals surface area contributed by atoms with Gasteiger partial charge in [0, 0.05) is 25.2 Å². The standard InChI is InChI=1S/C13H20BrN5O/c14-11-12(16-8-17-13(11)20)19-6-3-10(7-19)18-4-1-9(15)2-5-18/h8-10H,1-7,15H2,(H,16,17,20). The Morgan fingerprint density at radius 2 is 2.05 bits per heavy atom.